The lowest BCUT2D eigenvalue weighted by atomic mass is 9.85. The number of likely N-dealkylation sites (tertiary alicyclic amines) is 1. The van der Waals surface area contributed by atoms with E-state index in [-0.39, 0.29) is 17.9 Å². The van der Waals surface area contributed by atoms with E-state index < -0.39 is 0 Å². The molecular formula is C25H29N5O3. The van der Waals surface area contributed by atoms with Gasteiger partial charge in [-0.2, -0.15) is 4.98 Å². The number of para-hydroxylation sites is 1. The van der Waals surface area contributed by atoms with Crippen LogP contribution in [0.15, 0.2) is 40.9 Å². The lowest BCUT2D eigenvalue weighted by molar-refractivity contribution is -0.132. The summed E-state index contributed by atoms with van der Waals surface area (Å²) >= 11 is 0. The zero-order valence-corrected chi connectivity index (χ0v) is 18.9. The summed E-state index contributed by atoms with van der Waals surface area (Å²) in [6.45, 7) is 3.28. The minimum absolute atomic E-state index is 0.000778. The third kappa shape index (κ3) is 4.60. The van der Waals surface area contributed by atoms with Crippen LogP contribution in [0.2, 0.25) is 0 Å². The molecule has 33 heavy (non-hydrogen) atoms. The molecule has 8 heteroatoms. The molecule has 0 radical (unpaired) electrons. The minimum atomic E-state index is -0.0859. The Labute approximate surface area is 193 Å². The standard InChI is InChI=1S/C25H29N5O3/c1-17(31)30(15-13-23-27-24(33-28-23)19-7-4-8-19)20-9-5-14-29(16-20)25(32)22-12-11-18-6-2-3-10-21(18)26-22/h2-3,6,10-12,19-20H,4-5,7-9,13-16H2,1H3. The number of benzene rings is 1. The third-order valence-corrected chi connectivity index (χ3v) is 6.86. The van der Waals surface area contributed by atoms with Gasteiger partial charge in [0.15, 0.2) is 5.82 Å². The van der Waals surface area contributed by atoms with E-state index in [0.29, 0.717) is 43.5 Å². The first-order valence-corrected chi connectivity index (χ1v) is 11.8. The van der Waals surface area contributed by atoms with Crippen LogP contribution in [0.5, 0.6) is 0 Å². The lowest BCUT2D eigenvalue weighted by Gasteiger charge is -2.39. The summed E-state index contributed by atoms with van der Waals surface area (Å²) in [6.07, 6.45) is 5.70. The molecule has 8 nitrogen and oxygen atoms in total. The Morgan fingerprint density at radius 1 is 1.09 bits per heavy atom. The summed E-state index contributed by atoms with van der Waals surface area (Å²) in [6, 6.07) is 11.5. The SMILES string of the molecule is CC(=O)N(CCc1noc(C2CCC2)n1)C1CCCN(C(=O)c2ccc3ccccc3n2)C1. The molecule has 3 heterocycles. The highest BCUT2D eigenvalue weighted by atomic mass is 16.5. The van der Waals surface area contributed by atoms with Crippen LogP contribution in [-0.4, -0.2) is 62.4 Å². The maximum absolute atomic E-state index is 13.2. The van der Waals surface area contributed by atoms with Gasteiger partial charge in [0, 0.05) is 50.3 Å². The number of nitrogens with zero attached hydrogens (tertiary/aromatic N) is 5. The second kappa shape index (κ2) is 9.29. The third-order valence-electron chi connectivity index (χ3n) is 6.86. The Bertz CT molecular complexity index is 1160. The first-order valence-electron chi connectivity index (χ1n) is 11.8. The summed E-state index contributed by atoms with van der Waals surface area (Å²) in [5.74, 6) is 1.69. The summed E-state index contributed by atoms with van der Waals surface area (Å²) in [7, 11) is 0. The van der Waals surface area contributed by atoms with Crippen molar-refractivity contribution in [3.63, 3.8) is 0 Å². The molecule has 1 unspecified atom stereocenters. The lowest BCUT2D eigenvalue weighted by Crippen LogP contribution is -2.51. The number of rotatable bonds is 6. The van der Waals surface area contributed by atoms with Crippen molar-refractivity contribution in [3.8, 4) is 0 Å². The van der Waals surface area contributed by atoms with Crippen LogP contribution in [0.4, 0.5) is 0 Å². The summed E-state index contributed by atoms with van der Waals surface area (Å²) in [5.41, 5.74) is 1.25. The average molecular weight is 448 g/mol. The highest BCUT2D eigenvalue weighted by Crippen LogP contribution is 2.35. The van der Waals surface area contributed by atoms with Crippen molar-refractivity contribution in [1.82, 2.24) is 24.9 Å². The normalized spacial score (nSPS) is 18.8. The van der Waals surface area contributed by atoms with E-state index in [1.165, 1.54) is 6.42 Å². The van der Waals surface area contributed by atoms with Gasteiger partial charge in [0.05, 0.1) is 5.52 Å². The zero-order valence-electron chi connectivity index (χ0n) is 18.9. The Balaban J connectivity index is 1.24. The molecule has 1 saturated heterocycles. The van der Waals surface area contributed by atoms with Crippen molar-refractivity contribution in [2.24, 2.45) is 0 Å². The Kier molecular flexibility index (Phi) is 6.07. The van der Waals surface area contributed by atoms with Crippen molar-refractivity contribution < 1.29 is 14.1 Å². The number of pyridine rings is 1. The molecule has 1 aliphatic carbocycles. The van der Waals surface area contributed by atoms with Crippen LogP contribution in [0.25, 0.3) is 10.9 Å². The maximum atomic E-state index is 13.2. The molecule has 2 aromatic heterocycles. The molecule has 3 aromatic rings. The second-order valence-electron chi connectivity index (χ2n) is 9.08. The predicted molar refractivity (Wildman–Crippen MR) is 123 cm³/mol. The summed E-state index contributed by atoms with van der Waals surface area (Å²) in [5, 5.41) is 5.12. The van der Waals surface area contributed by atoms with E-state index in [2.05, 4.69) is 15.1 Å². The number of hydrogen-bond acceptors (Lipinski definition) is 6. The number of amides is 2. The van der Waals surface area contributed by atoms with E-state index in [9.17, 15) is 9.59 Å². The van der Waals surface area contributed by atoms with E-state index in [1.807, 2.05) is 40.1 Å². The molecule has 1 aliphatic heterocycles. The second-order valence-corrected chi connectivity index (χ2v) is 9.08. The fourth-order valence-electron chi connectivity index (χ4n) is 4.75. The topological polar surface area (TPSA) is 92.4 Å². The molecule has 0 N–H and O–H groups in total. The van der Waals surface area contributed by atoms with Crippen LogP contribution in [0.3, 0.4) is 0 Å². The molecule has 5 rings (SSSR count). The van der Waals surface area contributed by atoms with E-state index in [4.69, 9.17) is 4.52 Å². The number of carbonyl (C=O) groups excluding carboxylic acids is 2. The number of piperidine rings is 1. The zero-order chi connectivity index (χ0) is 22.8. The Morgan fingerprint density at radius 2 is 1.94 bits per heavy atom. The van der Waals surface area contributed by atoms with Gasteiger partial charge in [0.1, 0.15) is 5.69 Å². The first-order chi connectivity index (χ1) is 16.1. The predicted octanol–water partition coefficient (Wildman–Crippen LogP) is 3.58. The van der Waals surface area contributed by atoms with Gasteiger partial charge in [0.25, 0.3) is 5.91 Å². The quantitative estimate of drug-likeness (QED) is 0.573. The van der Waals surface area contributed by atoms with Gasteiger partial charge >= 0.3 is 0 Å². The van der Waals surface area contributed by atoms with Crippen LogP contribution in [0, 0.1) is 0 Å². The van der Waals surface area contributed by atoms with Crippen molar-refractivity contribution >= 4 is 22.7 Å². The van der Waals surface area contributed by atoms with Gasteiger partial charge in [-0.25, -0.2) is 4.98 Å². The van der Waals surface area contributed by atoms with Gasteiger partial charge in [-0.1, -0.05) is 35.8 Å². The first kappa shape index (κ1) is 21.6. The van der Waals surface area contributed by atoms with E-state index in [0.717, 1.165) is 42.5 Å². The van der Waals surface area contributed by atoms with Gasteiger partial charge in [-0.05, 0) is 37.8 Å². The molecule has 172 valence electrons. The van der Waals surface area contributed by atoms with Crippen LogP contribution >= 0.6 is 0 Å². The molecule has 2 aliphatic rings. The smallest absolute Gasteiger partial charge is 0.272 e. The number of carbonyl (C=O) groups is 2. The van der Waals surface area contributed by atoms with Gasteiger partial charge in [-0.3, -0.25) is 9.59 Å². The van der Waals surface area contributed by atoms with Crippen LogP contribution in [-0.2, 0) is 11.2 Å². The molecule has 0 spiro atoms. The molecule has 2 amide bonds. The number of fused-ring (bicyclic) bond motifs is 1. The highest BCUT2D eigenvalue weighted by Gasteiger charge is 2.31. The van der Waals surface area contributed by atoms with E-state index in [1.54, 1.807) is 13.0 Å². The van der Waals surface area contributed by atoms with Crippen molar-refractivity contribution in [2.45, 2.75) is 57.4 Å². The molecule has 2 fully saturated rings. The number of hydrogen-bond donors (Lipinski definition) is 0. The van der Waals surface area contributed by atoms with Crippen molar-refractivity contribution in [3.05, 3.63) is 53.8 Å². The van der Waals surface area contributed by atoms with E-state index >= 15 is 0 Å². The molecule has 1 saturated carbocycles. The minimum Gasteiger partial charge on any atom is -0.339 e. The van der Waals surface area contributed by atoms with Gasteiger partial charge < -0.3 is 14.3 Å². The fraction of sp³-hybridized carbons (Fsp3) is 0.480. The largest absolute Gasteiger partial charge is 0.339 e. The fourth-order valence-corrected chi connectivity index (χ4v) is 4.75. The molecule has 1 atom stereocenters. The average Bonchev–Trinajstić information content (AvgIpc) is 3.25. The van der Waals surface area contributed by atoms with Crippen LogP contribution in [0.1, 0.15) is 67.1 Å². The maximum Gasteiger partial charge on any atom is 0.272 e. The van der Waals surface area contributed by atoms with Gasteiger partial charge in [0.2, 0.25) is 11.8 Å². The van der Waals surface area contributed by atoms with Crippen molar-refractivity contribution in [2.75, 3.05) is 19.6 Å². The highest BCUT2D eigenvalue weighted by molar-refractivity contribution is 5.95. The van der Waals surface area contributed by atoms with Gasteiger partial charge in [-0.15, -0.1) is 0 Å². The summed E-state index contributed by atoms with van der Waals surface area (Å²) < 4.78 is 5.41. The molecule has 1 aromatic carbocycles. The van der Waals surface area contributed by atoms with Crippen molar-refractivity contribution in [1.29, 1.82) is 0 Å². The monoisotopic (exact) mass is 447 g/mol. The molecule has 0 bridgehead atoms. The van der Waals surface area contributed by atoms with Crippen LogP contribution < -0.4 is 0 Å². The summed E-state index contributed by atoms with van der Waals surface area (Å²) in [4.78, 5) is 38.4. The molecular weight excluding hydrogens is 418 g/mol. The Morgan fingerprint density at radius 3 is 2.73 bits per heavy atom. The number of aromatic nitrogens is 3. The Hall–Kier alpha value is -3.29.